The van der Waals surface area contributed by atoms with Crippen LogP contribution in [-0.4, -0.2) is 96.7 Å². The molecule has 3 N–H and O–H groups in total. The van der Waals surface area contributed by atoms with Crippen LogP contribution in [0.15, 0.2) is 0 Å². The number of aliphatic hydroxyl groups is 1. The summed E-state index contributed by atoms with van der Waals surface area (Å²) in [5.41, 5.74) is 0. The largest absolute Gasteiger partial charge is 0.472 e. The second-order valence-corrected chi connectivity index (χ2v) is 30.3. The molecule has 4 unspecified atom stereocenters. The minimum atomic E-state index is -4.95. The Labute approximate surface area is 556 Å². The smallest absolute Gasteiger partial charge is 0.462 e. The highest BCUT2D eigenvalue weighted by atomic mass is 31.2. The predicted molar refractivity (Wildman–Crippen MR) is 367 cm³/mol. The lowest BCUT2D eigenvalue weighted by Crippen LogP contribution is -2.30. The van der Waals surface area contributed by atoms with E-state index >= 15 is 0 Å². The van der Waals surface area contributed by atoms with Crippen molar-refractivity contribution in [1.29, 1.82) is 0 Å². The van der Waals surface area contributed by atoms with Crippen LogP contribution in [0.3, 0.4) is 0 Å². The van der Waals surface area contributed by atoms with Crippen molar-refractivity contribution < 1.29 is 80.2 Å². The van der Waals surface area contributed by atoms with E-state index in [2.05, 4.69) is 55.4 Å². The minimum Gasteiger partial charge on any atom is -0.462 e. The van der Waals surface area contributed by atoms with Gasteiger partial charge in [-0.2, -0.15) is 0 Å². The van der Waals surface area contributed by atoms with Crippen LogP contribution in [0.1, 0.15) is 357 Å². The van der Waals surface area contributed by atoms with Gasteiger partial charge in [0.25, 0.3) is 0 Å². The molecule has 0 saturated carbocycles. The Kier molecular flexibility index (Phi) is 60.3. The van der Waals surface area contributed by atoms with Crippen LogP contribution >= 0.6 is 15.6 Å². The molecule has 91 heavy (non-hydrogen) atoms. The zero-order valence-electron chi connectivity index (χ0n) is 59.5. The first-order chi connectivity index (χ1) is 43.7. The highest BCUT2D eigenvalue weighted by Gasteiger charge is 2.30. The molecule has 0 fully saturated rings. The molecule has 0 spiro atoms. The van der Waals surface area contributed by atoms with Crippen molar-refractivity contribution in [1.82, 2.24) is 0 Å². The summed E-state index contributed by atoms with van der Waals surface area (Å²) in [5, 5.41) is 10.6. The predicted octanol–water partition coefficient (Wildman–Crippen LogP) is 20.5. The van der Waals surface area contributed by atoms with E-state index in [4.69, 9.17) is 37.0 Å². The first kappa shape index (κ1) is 89.1. The monoisotopic (exact) mass is 1340 g/mol. The molecule has 19 heteroatoms. The van der Waals surface area contributed by atoms with Crippen LogP contribution in [0.4, 0.5) is 0 Å². The third-order valence-electron chi connectivity index (χ3n) is 17.3. The van der Waals surface area contributed by atoms with E-state index in [9.17, 15) is 43.2 Å². The molecular formula is C72H140O17P2. The van der Waals surface area contributed by atoms with E-state index in [0.717, 1.165) is 120 Å². The van der Waals surface area contributed by atoms with Gasteiger partial charge in [-0.05, 0) is 49.4 Å². The molecule has 17 nitrogen and oxygen atoms in total. The summed E-state index contributed by atoms with van der Waals surface area (Å²) in [7, 11) is -9.90. The number of carbonyl (C=O) groups is 4. The van der Waals surface area contributed by atoms with Crippen LogP contribution < -0.4 is 0 Å². The van der Waals surface area contributed by atoms with E-state index < -0.39 is 97.5 Å². The Morgan fingerprint density at radius 1 is 0.308 bits per heavy atom. The first-order valence-electron chi connectivity index (χ1n) is 37.3. The molecule has 540 valence electrons. The van der Waals surface area contributed by atoms with Crippen molar-refractivity contribution in [2.24, 2.45) is 23.7 Å². The fourth-order valence-corrected chi connectivity index (χ4v) is 12.4. The summed E-state index contributed by atoms with van der Waals surface area (Å²) in [5.74, 6) is 0.906. The summed E-state index contributed by atoms with van der Waals surface area (Å²) < 4.78 is 68.3. The molecule has 0 aliphatic carbocycles. The molecule has 0 rings (SSSR count). The number of aliphatic hydroxyl groups excluding tert-OH is 1. The van der Waals surface area contributed by atoms with Gasteiger partial charge in [0, 0.05) is 25.7 Å². The summed E-state index contributed by atoms with van der Waals surface area (Å²) in [6, 6.07) is 0. The molecule has 0 amide bonds. The second kappa shape index (κ2) is 61.6. The van der Waals surface area contributed by atoms with Gasteiger partial charge in [0.1, 0.15) is 19.3 Å². The van der Waals surface area contributed by atoms with Gasteiger partial charge in [0.2, 0.25) is 0 Å². The van der Waals surface area contributed by atoms with Crippen molar-refractivity contribution in [3.63, 3.8) is 0 Å². The quantitative estimate of drug-likeness (QED) is 0.0222. The average molecular weight is 1340 g/mol. The number of carbonyl (C=O) groups excluding carboxylic acids is 4. The lowest BCUT2D eigenvalue weighted by molar-refractivity contribution is -0.161. The Hall–Kier alpha value is -1.94. The maximum atomic E-state index is 13.0. The number of ether oxygens (including phenoxy) is 4. The van der Waals surface area contributed by atoms with Gasteiger partial charge < -0.3 is 33.8 Å². The van der Waals surface area contributed by atoms with E-state index in [1.54, 1.807) is 0 Å². The van der Waals surface area contributed by atoms with Gasteiger partial charge in [0.15, 0.2) is 12.2 Å². The van der Waals surface area contributed by atoms with Gasteiger partial charge >= 0.3 is 39.5 Å². The number of phosphoric ester groups is 2. The molecule has 0 aromatic carbocycles. The van der Waals surface area contributed by atoms with Gasteiger partial charge in [0.05, 0.1) is 26.4 Å². The van der Waals surface area contributed by atoms with Gasteiger partial charge in [-0.25, -0.2) is 9.13 Å². The fraction of sp³-hybridized carbons (Fsp3) is 0.944. The van der Waals surface area contributed by atoms with Crippen LogP contribution in [0.25, 0.3) is 0 Å². The SMILES string of the molecule is CCC(C)CCCCCCCCCCCCCCCCC(=O)OC[C@H](COP(=O)(O)OC[C@@H](O)COP(=O)(O)OC[C@@H](COC(=O)CCCCCCCCC(C)CC)OC(=O)CCCCCCCCCCC(C)C)OC(=O)CCCCCCCCCCCC(C)C. The summed E-state index contributed by atoms with van der Waals surface area (Å²) in [4.78, 5) is 72.6. The second-order valence-electron chi connectivity index (χ2n) is 27.4. The maximum Gasteiger partial charge on any atom is 0.472 e. The van der Waals surface area contributed by atoms with Crippen LogP contribution in [-0.2, 0) is 65.4 Å². The first-order valence-corrected chi connectivity index (χ1v) is 40.3. The Balaban J connectivity index is 5.22. The molecule has 0 aliphatic rings. The fourth-order valence-electron chi connectivity index (χ4n) is 10.8. The van der Waals surface area contributed by atoms with E-state index in [1.165, 1.54) is 154 Å². The van der Waals surface area contributed by atoms with Crippen molar-refractivity contribution in [3.8, 4) is 0 Å². The summed E-state index contributed by atoms with van der Waals surface area (Å²) >= 11 is 0. The average Bonchev–Trinajstić information content (AvgIpc) is 2.98. The Morgan fingerprint density at radius 2 is 0.527 bits per heavy atom. The lowest BCUT2D eigenvalue weighted by atomic mass is 9.99. The zero-order chi connectivity index (χ0) is 67.5. The number of hydrogen-bond acceptors (Lipinski definition) is 15. The maximum absolute atomic E-state index is 13.0. The normalized spacial score (nSPS) is 14.8. The van der Waals surface area contributed by atoms with Gasteiger partial charge in [-0.15, -0.1) is 0 Å². The molecular weight excluding hydrogens is 1200 g/mol. The van der Waals surface area contributed by atoms with Crippen LogP contribution in [0, 0.1) is 23.7 Å². The molecule has 0 aliphatic heterocycles. The number of hydrogen-bond donors (Lipinski definition) is 3. The molecule has 0 radical (unpaired) electrons. The van der Waals surface area contributed by atoms with Crippen molar-refractivity contribution in [2.75, 3.05) is 39.6 Å². The highest BCUT2D eigenvalue weighted by molar-refractivity contribution is 7.47. The molecule has 0 heterocycles. The van der Waals surface area contributed by atoms with E-state index in [1.807, 2.05) is 0 Å². The van der Waals surface area contributed by atoms with Crippen molar-refractivity contribution in [2.45, 2.75) is 375 Å². The lowest BCUT2D eigenvalue weighted by Gasteiger charge is -2.21. The minimum absolute atomic E-state index is 0.103. The molecule has 7 atom stereocenters. The number of esters is 4. The third kappa shape index (κ3) is 63.9. The van der Waals surface area contributed by atoms with E-state index in [-0.39, 0.29) is 25.7 Å². The van der Waals surface area contributed by atoms with Crippen molar-refractivity contribution >= 4 is 39.5 Å². The number of rotatable bonds is 69. The van der Waals surface area contributed by atoms with Crippen molar-refractivity contribution in [3.05, 3.63) is 0 Å². The number of unbranched alkanes of at least 4 members (excludes halogenated alkanes) is 33. The molecule has 0 saturated heterocycles. The summed E-state index contributed by atoms with van der Waals surface area (Å²) in [6.07, 6.45) is 44.5. The molecule has 0 bridgehead atoms. The standard InChI is InChI=1S/C72H140O17P2/c1-9-64(7)50-42-34-26-19-15-13-11-12-14-16-20-27-36-44-52-69(74)82-58-67(88-71(76)54-46-38-28-21-17-18-24-32-40-48-62(3)4)60-86-90(78,79)84-56-66(73)57-85-91(80,81)87-61-68(59-83-70(75)53-45-37-31-30-35-43-51-65(8)10-2)89-72(77)55-47-39-29-23-22-25-33-41-49-63(5)6/h62-68,73H,9-61H2,1-8H3,(H,78,79)(H,80,81)/t64?,65?,66-,67-,68-/m1/s1. The Morgan fingerprint density at radius 3 is 0.780 bits per heavy atom. The topological polar surface area (TPSA) is 237 Å². The third-order valence-corrected chi connectivity index (χ3v) is 19.2. The van der Waals surface area contributed by atoms with E-state index in [0.29, 0.717) is 25.7 Å². The highest BCUT2D eigenvalue weighted by Crippen LogP contribution is 2.45. The van der Waals surface area contributed by atoms with Gasteiger partial charge in [-0.3, -0.25) is 37.3 Å². The molecule has 0 aromatic heterocycles. The summed E-state index contributed by atoms with van der Waals surface area (Å²) in [6.45, 7) is 14.1. The Bertz CT molecular complexity index is 1800. The zero-order valence-corrected chi connectivity index (χ0v) is 61.3. The van der Waals surface area contributed by atoms with Crippen LogP contribution in [0.5, 0.6) is 0 Å². The number of phosphoric acid groups is 2. The van der Waals surface area contributed by atoms with Crippen LogP contribution in [0.2, 0.25) is 0 Å². The van der Waals surface area contributed by atoms with Gasteiger partial charge in [-0.1, -0.05) is 306 Å². The molecule has 0 aromatic rings.